The van der Waals surface area contributed by atoms with E-state index in [1.807, 2.05) is 25.1 Å². The Bertz CT molecular complexity index is 586. The Morgan fingerprint density at radius 2 is 1.95 bits per heavy atom. The molecule has 2 aromatic rings. The molecule has 0 bridgehead atoms. The van der Waals surface area contributed by atoms with Gasteiger partial charge in [-0.05, 0) is 40.5 Å². The Hall–Kier alpha value is -1.55. The fourth-order valence-corrected chi connectivity index (χ4v) is 2.23. The molecule has 0 aromatic heterocycles. The second-order valence-corrected chi connectivity index (χ2v) is 5.02. The van der Waals surface area contributed by atoms with Crippen LogP contribution in [0.1, 0.15) is 11.1 Å². The Balaban J connectivity index is 2.17. The van der Waals surface area contributed by atoms with E-state index in [1.165, 1.54) is 7.11 Å². The summed E-state index contributed by atoms with van der Waals surface area (Å²) >= 11 is 3.52. The van der Waals surface area contributed by atoms with E-state index in [2.05, 4.69) is 21.2 Å². The van der Waals surface area contributed by atoms with Gasteiger partial charge in [-0.3, -0.25) is 0 Å². The maximum Gasteiger partial charge on any atom is 0.170 e. The summed E-state index contributed by atoms with van der Waals surface area (Å²) in [5.41, 5.74) is 2.66. The molecule has 2 rings (SSSR count). The van der Waals surface area contributed by atoms with Gasteiger partial charge in [0.15, 0.2) is 11.6 Å². The zero-order valence-corrected chi connectivity index (χ0v) is 12.4. The Morgan fingerprint density at radius 3 is 2.68 bits per heavy atom. The molecular formula is C15H15BrFNO. The van der Waals surface area contributed by atoms with Crippen LogP contribution in [0.5, 0.6) is 5.75 Å². The van der Waals surface area contributed by atoms with Crippen molar-refractivity contribution in [2.75, 3.05) is 12.4 Å². The average Bonchev–Trinajstić information content (AvgIpc) is 2.42. The largest absolute Gasteiger partial charge is 0.494 e. The summed E-state index contributed by atoms with van der Waals surface area (Å²) in [6.07, 6.45) is 0. The first kappa shape index (κ1) is 13.9. The van der Waals surface area contributed by atoms with Crippen LogP contribution >= 0.6 is 15.9 Å². The predicted molar refractivity (Wildman–Crippen MR) is 79.2 cm³/mol. The lowest BCUT2D eigenvalue weighted by Gasteiger charge is -2.12. The van der Waals surface area contributed by atoms with Crippen LogP contribution in [0, 0.1) is 12.7 Å². The predicted octanol–water partition coefficient (Wildman–Crippen LogP) is 4.52. The number of rotatable bonds is 4. The van der Waals surface area contributed by atoms with Crippen molar-refractivity contribution in [2.45, 2.75) is 13.5 Å². The zero-order valence-electron chi connectivity index (χ0n) is 10.8. The van der Waals surface area contributed by atoms with Crippen molar-refractivity contribution < 1.29 is 9.13 Å². The highest BCUT2D eigenvalue weighted by Crippen LogP contribution is 2.27. The molecule has 0 fully saturated rings. The Morgan fingerprint density at radius 1 is 1.21 bits per heavy atom. The van der Waals surface area contributed by atoms with E-state index in [9.17, 15) is 4.39 Å². The van der Waals surface area contributed by atoms with Crippen LogP contribution in [-0.4, -0.2) is 7.11 Å². The van der Waals surface area contributed by atoms with E-state index in [0.29, 0.717) is 12.1 Å². The summed E-state index contributed by atoms with van der Waals surface area (Å²) in [4.78, 5) is 0. The summed E-state index contributed by atoms with van der Waals surface area (Å²) in [6, 6.07) is 11.1. The van der Waals surface area contributed by atoms with E-state index < -0.39 is 0 Å². The summed E-state index contributed by atoms with van der Waals surface area (Å²) < 4.78 is 19.9. The van der Waals surface area contributed by atoms with Crippen LogP contribution < -0.4 is 10.1 Å². The summed E-state index contributed by atoms with van der Waals surface area (Å²) in [5.74, 6) is -0.0520. The van der Waals surface area contributed by atoms with Gasteiger partial charge in [0.05, 0.1) is 7.11 Å². The minimum Gasteiger partial charge on any atom is -0.494 e. The summed E-state index contributed by atoms with van der Waals surface area (Å²) in [7, 11) is 1.47. The van der Waals surface area contributed by atoms with Gasteiger partial charge in [0.1, 0.15) is 0 Å². The van der Waals surface area contributed by atoms with Crippen LogP contribution in [-0.2, 0) is 6.54 Å². The lowest BCUT2D eigenvalue weighted by molar-refractivity contribution is 0.384. The van der Waals surface area contributed by atoms with Crippen molar-refractivity contribution >= 4 is 21.6 Å². The van der Waals surface area contributed by atoms with Gasteiger partial charge in [0.2, 0.25) is 0 Å². The van der Waals surface area contributed by atoms with Crippen molar-refractivity contribution in [3.63, 3.8) is 0 Å². The van der Waals surface area contributed by atoms with Crippen molar-refractivity contribution in [2.24, 2.45) is 0 Å². The summed E-state index contributed by atoms with van der Waals surface area (Å²) in [5, 5.41) is 3.22. The first-order valence-electron chi connectivity index (χ1n) is 5.94. The van der Waals surface area contributed by atoms with Gasteiger partial charge < -0.3 is 10.1 Å². The third-order valence-electron chi connectivity index (χ3n) is 2.92. The highest BCUT2D eigenvalue weighted by Gasteiger charge is 2.09. The molecule has 0 saturated heterocycles. The normalized spacial score (nSPS) is 10.3. The van der Waals surface area contributed by atoms with E-state index in [4.69, 9.17) is 4.74 Å². The highest BCUT2D eigenvalue weighted by molar-refractivity contribution is 9.10. The van der Waals surface area contributed by atoms with E-state index >= 15 is 0 Å². The standard InChI is InChI=1S/C15H15BrFNO/c1-10-5-3-7-12(14(10)16)18-9-11-6-4-8-13(19-2)15(11)17/h3-8,18H,9H2,1-2H3. The van der Waals surface area contributed by atoms with Crippen LogP contribution in [0.2, 0.25) is 0 Å². The number of benzene rings is 2. The number of anilines is 1. The van der Waals surface area contributed by atoms with E-state index in [1.54, 1.807) is 18.2 Å². The van der Waals surface area contributed by atoms with Gasteiger partial charge in [-0.1, -0.05) is 24.3 Å². The van der Waals surface area contributed by atoms with Crippen LogP contribution in [0.25, 0.3) is 0 Å². The monoisotopic (exact) mass is 323 g/mol. The minimum atomic E-state index is -0.318. The number of nitrogens with one attached hydrogen (secondary N) is 1. The first-order chi connectivity index (χ1) is 9.13. The third kappa shape index (κ3) is 3.07. The molecule has 4 heteroatoms. The fourth-order valence-electron chi connectivity index (χ4n) is 1.82. The molecule has 19 heavy (non-hydrogen) atoms. The minimum absolute atomic E-state index is 0.266. The van der Waals surface area contributed by atoms with E-state index in [0.717, 1.165) is 15.7 Å². The van der Waals surface area contributed by atoms with Crippen molar-refractivity contribution in [3.05, 3.63) is 57.8 Å². The van der Waals surface area contributed by atoms with Gasteiger partial charge in [-0.15, -0.1) is 0 Å². The summed E-state index contributed by atoms with van der Waals surface area (Å²) in [6.45, 7) is 2.42. The molecular weight excluding hydrogens is 309 g/mol. The molecule has 0 radical (unpaired) electrons. The number of methoxy groups -OCH3 is 1. The molecule has 0 amide bonds. The number of hydrogen-bond donors (Lipinski definition) is 1. The molecule has 0 heterocycles. The quantitative estimate of drug-likeness (QED) is 0.893. The van der Waals surface area contributed by atoms with Gasteiger partial charge in [-0.25, -0.2) is 4.39 Å². The molecule has 2 nitrogen and oxygen atoms in total. The Labute approximate surface area is 120 Å². The van der Waals surface area contributed by atoms with Gasteiger partial charge in [-0.2, -0.15) is 0 Å². The number of hydrogen-bond acceptors (Lipinski definition) is 2. The molecule has 0 aliphatic carbocycles. The molecule has 0 spiro atoms. The first-order valence-corrected chi connectivity index (χ1v) is 6.73. The molecule has 0 atom stereocenters. The number of aryl methyl sites for hydroxylation is 1. The molecule has 0 unspecified atom stereocenters. The number of ether oxygens (including phenoxy) is 1. The van der Waals surface area contributed by atoms with Crippen LogP contribution in [0.4, 0.5) is 10.1 Å². The molecule has 2 aromatic carbocycles. The van der Waals surface area contributed by atoms with Gasteiger partial charge in [0, 0.05) is 22.3 Å². The molecule has 0 saturated carbocycles. The van der Waals surface area contributed by atoms with Gasteiger partial charge >= 0.3 is 0 Å². The van der Waals surface area contributed by atoms with Crippen molar-refractivity contribution in [3.8, 4) is 5.75 Å². The molecule has 0 aliphatic heterocycles. The molecule has 100 valence electrons. The third-order valence-corrected chi connectivity index (χ3v) is 3.98. The smallest absolute Gasteiger partial charge is 0.170 e. The SMILES string of the molecule is COc1cccc(CNc2cccc(C)c2Br)c1F. The van der Waals surface area contributed by atoms with Crippen molar-refractivity contribution in [1.29, 1.82) is 0 Å². The lowest BCUT2D eigenvalue weighted by atomic mass is 10.1. The van der Waals surface area contributed by atoms with Gasteiger partial charge in [0.25, 0.3) is 0 Å². The van der Waals surface area contributed by atoms with Crippen LogP contribution in [0.15, 0.2) is 40.9 Å². The average molecular weight is 324 g/mol. The maximum absolute atomic E-state index is 14.0. The van der Waals surface area contributed by atoms with Crippen LogP contribution in [0.3, 0.4) is 0 Å². The maximum atomic E-state index is 14.0. The second-order valence-electron chi connectivity index (χ2n) is 4.22. The fraction of sp³-hybridized carbons (Fsp3) is 0.200. The Kier molecular flexibility index (Phi) is 4.43. The topological polar surface area (TPSA) is 21.3 Å². The zero-order chi connectivity index (χ0) is 13.8. The number of halogens is 2. The molecule has 0 aliphatic rings. The van der Waals surface area contributed by atoms with Crippen molar-refractivity contribution in [1.82, 2.24) is 0 Å². The lowest BCUT2D eigenvalue weighted by Crippen LogP contribution is -2.03. The molecule has 1 N–H and O–H groups in total. The van der Waals surface area contributed by atoms with E-state index in [-0.39, 0.29) is 11.6 Å². The second kappa shape index (κ2) is 6.06. The highest BCUT2D eigenvalue weighted by atomic mass is 79.9.